The topological polar surface area (TPSA) is 46.2 Å². The molecule has 5 nitrogen and oxygen atoms in total. The van der Waals surface area contributed by atoms with Crippen LogP contribution in [0.15, 0.2) is 0 Å². The lowest BCUT2D eigenvalue weighted by atomic mass is 10.3. The lowest BCUT2D eigenvalue weighted by Crippen LogP contribution is -2.04. The van der Waals surface area contributed by atoms with E-state index in [2.05, 4.69) is 0 Å². The van der Waals surface area contributed by atoms with E-state index in [0.29, 0.717) is 0 Å². The zero-order valence-electron chi connectivity index (χ0n) is 13.9. The fourth-order valence-corrected chi connectivity index (χ4v) is 1.73. The van der Waals surface area contributed by atoms with Crippen molar-refractivity contribution in [2.24, 2.45) is 0 Å². The highest BCUT2D eigenvalue weighted by molar-refractivity contribution is 4.42. The van der Waals surface area contributed by atoms with Crippen LogP contribution < -0.4 is 0 Å². The number of methoxy groups -OCH3 is 2. The SMILES string of the molecule is COCCCOCCCCOCCCCOCCCOC. The number of hydrogen-bond acceptors (Lipinski definition) is 5. The van der Waals surface area contributed by atoms with Crippen molar-refractivity contribution in [1.82, 2.24) is 0 Å². The number of unbranched alkanes of at least 4 members (excludes halogenated alkanes) is 2. The van der Waals surface area contributed by atoms with Crippen LogP contribution in [-0.4, -0.2) is 67.1 Å². The van der Waals surface area contributed by atoms with Crippen LogP contribution in [-0.2, 0) is 23.7 Å². The molecule has 0 aromatic carbocycles. The summed E-state index contributed by atoms with van der Waals surface area (Å²) in [6, 6.07) is 0. The van der Waals surface area contributed by atoms with Crippen molar-refractivity contribution in [2.75, 3.05) is 67.1 Å². The van der Waals surface area contributed by atoms with Gasteiger partial charge in [0.1, 0.15) is 0 Å². The van der Waals surface area contributed by atoms with Gasteiger partial charge in [-0.25, -0.2) is 0 Å². The van der Waals surface area contributed by atoms with Crippen molar-refractivity contribution in [3.05, 3.63) is 0 Å². The fourth-order valence-electron chi connectivity index (χ4n) is 1.73. The second-order valence-corrected chi connectivity index (χ2v) is 4.94. The summed E-state index contributed by atoms with van der Waals surface area (Å²) >= 11 is 0. The zero-order chi connectivity index (χ0) is 15.4. The Balaban J connectivity index is 2.90. The summed E-state index contributed by atoms with van der Waals surface area (Å²) in [6.45, 7) is 6.44. The van der Waals surface area contributed by atoms with E-state index < -0.39 is 0 Å². The third-order valence-corrected chi connectivity index (χ3v) is 2.93. The summed E-state index contributed by atoms with van der Waals surface area (Å²) in [6.07, 6.45) is 6.21. The fraction of sp³-hybridized carbons (Fsp3) is 1.00. The minimum Gasteiger partial charge on any atom is -0.385 e. The highest BCUT2D eigenvalue weighted by atomic mass is 16.5. The molecular formula is C16H34O5. The largest absolute Gasteiger partial charge is 0.385 e. The first-order valence-corrected chi connectivity index (χ1v) is 8.13. The van der Waals surface area contributed by atoms with Crippen LogP contribution in [0.3, 0.4) is 0 Å². The highest BCUT2D eigenvalue weighted by Gasteiger charge is 1.94. The standard InChI is InChI=1S/C16H34O5/c1-17-9-7-15-20-13-5-3-11-19-12-4-6-14-21-16-8-10-18-2/h3-16H2,1-2H3. The molecule has 0 aliphatic heterocycles. The molecule has 0 amide bonds. The molecule has 0 radical (unpaired) electrons. The molecule has 0 heterocycles. The first-order chi connectivity index (χ1) is 10.4. The van der Waals surface area contributed by atoms with Gasteiger partial charge in [0.15, 0.2) is 0 Å². The number of rotatable bonds is 18. The molecule has 128 valence electrons. The average molecular weight is 306 g/mol. The summed E-state index contributed by atoms with van der Waals surface area (Å²) in [5, 5.41) is 0. The monoisotopic (exact) mass is 306 g/mol. The first kappa shape index (κ1) is 20.8. The van der Waals surface area contributed by atoms with Crippen molar-refractivity contribution in [3.63, 3.8) is 0 Å². The van der Waals surface area contributed by atoms with E-state index in [4.69, 9.17) is 23.7 Å². The Morgan fingerprint density at radius 3 is 0.952 bits per heavy atom. The van der Waals surface area contributed by atoms with Crippen LogP contribution in [0.25, 0.3) is 0 Å². The average Bonchev–Trinajstić information content (AvgIpc) is 2.50. The van der Waals surface area contributed by atoms with Gasteiger partial charge in [0.25, 0.3) is 0 Å². The van der Waals surface area contributed by atoms with Crippen LogP contribution in [0.1, 0.15) is 38.5 Å². The van der Waals surface area contributed by atoms with E-state index in [1.165, 1.54) is 0 Å². The maximum Gasteiger partial charge on any atom is 0.0487 e. The Morgan fingerprint density at radius 1 is 0.381 bits per heavy atom. The maximum atomic E-state index is 5.57. The van der Waals surface area contributed by atoms with E-state index >= 15 is 0 Å². The molecule has 0 N–H and O–H groups in total. The molecule has 0 saturated heterocycles. The zero-order valence-corrected chi connectivity index (χ0v) is 13.9. The first-order valence-electron chi connectivity index (χ1n) is 8.13. The van der Waals surface area contributed by atoms with Gasteiger partial charge in [0, 0.05) is 67.1 Å². The highest BCUT2D eigenvalue weighted by Crippen LogP contribution is 1.96. The molecule has 0 fully saturated rings. The second kappa shape index (κ2) is 19.8. The van der Waals surface area contributed by atoms with Gasteiger partial charge < -0.3 is 23.7 Å². The van der Waals surface area contributed by atoms with E-state index in [9.17, 15) is 0 Å². The van der Waals surface area contributed by atoms with Gasteiger partial charge in [-0.1, -0.05) is 0 Å². The Kier molecular flexibility index (Phi) is 19.6. The van der Waals surface area contributed by atoms with Crippen molar-refractivity contribution in [2.45, 2.75) is 38.5 Å². The van der Waals surface area contributed by atoms with Crippen LogP contribution in [0.5, 0.6) is 0 Å². The molecule has 5 heteroatoms. The minimum absolute atomic E-state index is 0.777. The van der Waals surface area contributed by atoms with E-state index in [1.54, 1.807) is 14.2 Å². The molecule has 0 aliphatic carbocycles. The van der Waals surface area contributed by atoms with Gasteiger partial charge in [0.05, 0.1) is 0 Å². The molecule has 0 saturated carbocycles. The molecule has 0 aromatic rings. The molecular weight excluding hydrogens is 272 g/mol. The third-order valence-electron chi connectivity index (χ3n) is 2.93. The quantitative estimate of drug-likeness (QED) is 0.364. The predicted octanol–water partition coefficient (Wildman–Crippen LogP) is 2.67. The van der Waals surface area contributed by atoms with Crippen molar-refractivity contribution >= 4 is 0 Å². The van der Waals surface area contributed by atoms with Crippen molar-refractivity contribution in [3.8, 4) is 0 Å². The van der Waals surface area contributed by atoms with Gasteiger partial charge in [-0.05, 0) is 38.5 Å². The van der Waals surface area contributed by atoms with Crippen LogP contribution in [0.4, 0.5) is 0 Å². The van der Waals surface area contributed by atoms with E-state index in [1.807, 2.05) is 0 Å². The maximum absolute atomic E-state index is 5.57. The minimum atomic E-state index is 0.777. The predicted molar refractivity (Wildman–Crippen MR) is 83.9 cm³/mol. The molecule has 0 bridgehead atoms. The van der Waals surface area contributed by atoms with Crippen molar-refractivity contribution in [1.29, 1.82) is 0 Å². The van der Waals surface area contributed by atoms with Crippen molar-refractivity contribution < 1.29 is 23.7 Å². The Morgan fingerprint density at radius 2 is 0.667 bits per heavy atom. The summed E-state index contributed by atoms with van der Waals surface area (Å²) in [7, 11) is 3.43. The lowest BCUT2D eigenvalue weighted by molar-refractivity contribution is 0.0788. The van der Waals surface area contributed by atoms with Crippen LogP contribution >= 0.6 is 0 Å². The van der Waals surface area contributed by atoms with E-state index in [-0.39, 0.29) is 0 Å². The summed E-state index contributed by atoms with van der Waals surface area (Å²) < 4.78 is 26.4. The van der Waals surface area contributed by atoms with Gasteiger partial charge in [-0.3, -0.25) is 0 Å². The Hall–Kier alpha value is -0.200. The lowest BCUT2D eigenvalue weighted by Gasteiger charge is -2.06. The summed E-state index contributed by atoms with van der Waals surface area (Å²) in [5.74, 6) is 0. The molecule has 21 heavy (non-hydrogen) atoms. The van der Waals surface area contributed by atoms with Gasteiger partial charge in [-0.2, -0.15) is 0 Å². The van der Waals surface area contributed by atoms with E-state index in [0.717, 1.165) is 91.4 Å². The number of ether oxygens (including phenoxy) is 5. The third kappa shape index (κ3) is 19.8. The normalized spacial score (nSPS) is 11.1. The molecule has 0 spiro atoms. The molecule has 0 atom stereocenters. The number of hydrogen-bond donors (Lipinski definition) is 0. The Bertz CT molecular complexity index is 160. The van der Waals surface area contributed by atoms with Gasteiger partial charge >= 0.3 is 0 Å². The van der Waals surface area contributed by atoms with Crippen LogP contribution in [0.2, 0.25) is 0 Å². The van der Waals surface area contributed by atoms with Gasteiger partial charge in [-0.15, -0.1) is 0 Å². The second-order valence-electron chi connectivity index (χ2n) is 4.94. The molecule has 0 rings (SSSR count). The van der Waals surface area contributed by atoms with Crippen LogP contribution in [0, 0.1) is 0 Å². The Labute approximate surface area is 130 Å². The molecule has 0 unspecified atom stereocenters. The molecule has 0 aliphatic rings. The summed E-state index contributed by atoms with van der Waals surface area (Å²) in [5.41, 5.74) is 0. The summed E-state index contributed by atoms with van der Waals surface area (Å²) in [4.78, 5) is 0. The van der Waals surface area contributed by atoms with Gasteiger partial charge in [0.2, 0.25) is 0 Å². The smallest absolute Gasteiger partial charge is 0.0487 e. The molecule has 0 aromatic heterocycles.